The monoisotopic (exact) mass is 533 g/mol. The summed E-state index contributed by atoms with van der Waals surface area (Å²) >= 11 is 0. The first-order valence-corrected chi connectivity index (χ1v) is 13.6. The summed E-state index contributed by atoms with van der Waals surface area (Å²) in [5.74, 6) is -0.192. The van der Waals surface area contributed by atoms with E-state index in [9.17, 15) is 4.79 Å². The van der Waals surface area contributed by atoms with Crippen molar-refractivity contribution in [1.29, 1.82) is 0 Å². The highest BCUT2D eigenvalue weighted by Gasteiger charge is 2.48. The Bertz CT molecular complexity index is 1100. The predicted molar refractivity (Wildman–Crippen MR) is 149 cm³/mol. The normalized spacial score (nSPS) is 22.9. The molecular weight excluding hydrogens is 494 g/mol. The molecule has 0 saturated carbocycles. The van der Waals surface area contributed by atoms with Gasteiger partial charge in [0.25, 0.3) is 0 Å². The molecule has 1 fully saturated rings. The minimum atomic E-state index is -0.712. The van der Waals surface area contributed by atoms with Gasteiger partial charge in [-0.2, -0.15) is 0 Å². The number of amides is 1. The fourth-order valence-electron chi connectivity index (χ4n) is 4.60. The molecule has 7 nitrogen and oxygen atoms in total. The SMILES string of the molecule is CCCOC1O[C@H](COCc2ccccc2)[C@@H](OCc2ccccc2)[C@H](OCc2ccccc2)[C@H]1NC(C)=O. The van der Waals surface area contributed by atoms with Gasteiger partial charge in [0.1, 0.15) is 24.4 Å². The first-order valence-electron chi connectivity index (χ1n) is 13.6. The summed E-state index contributed by atoms with van der Waals surface area (Å²) in [4.78, 5) is 12.3. The number of benzene rings is 3. The van der Waals surface area contributed by atoms with Crippen LogP contribution in [-0.2, 0) is 48.3 Å². The summed E-state index contributed by atoms with van der Waals surface area (Å²) in [6, 6.07) is 29.4. The molecule has 1 saturated heterocycles. The Morgan fingerprint density at radius 3 is 1.77 bits per heavy atom. The molecule has 5 atom stereocenters. The highest BCUT2D eigenvalue weighted by atomic mass is 16.7. The molecular formula is C32H39NO6. The van der Waals surface area contributed by atoms with Gasteiger partial charge < -0.3 is 29.0 Å². The Labute approximate surface area is 231 Å². The molecule has 1 amide bonds. The fraction of sp³-hybridized carbons (Fsp3) is 0.406. The van der Waals surface area contributed by atoms with Crippen LogP contribution in [0.5, 0.6) is 0 Å². The fourth-order valence-corrected chi connectivity index (χ4v) is 4.60. The summed E-state index contributed by atoms with van der Waals surface area (Å²) in [6.07, 6.45) is -1.45. The largest absolute Gasteiger partial charge is 0.374 e. The first-order chi connectivity index (χ1) is 19.1. The van der Waals surface area contributed by atoms with E-state index in [1.165, 1.54) is 6.92 Å². The zero-order chi connectivity index (χ0) is 27.3. The van der Waals surface area contributed by atoms with Crippen LogP contribution in [0.25, 0.3) is 0 Å². The molecule has 1 aliphatic rings. The first kappa shape index (κ1) is 28.9. The van der Waals surface area contributed by atoms with Crippen LogP contribution in [0.1, 0.15) is 37.0 Å². The van der Waals surface area contributed by atoms with E-state index in [1.54, 1.807) is 0 Å². The van der Waals surface area contributed by atoms with Crippen molar-refractivity contribution in [3.05, 3.63) is 108 Å². The zero-order valence-corrected chi connectivity index (χ0v) is 22.7. The summed E-state index contributed by atoms with van der Waals surface area (Å²) in [7, 11) is 0. The number of rotatable bonds is 14. The van der Waals surface area contributed by atoms with Gasteiger partial charge >= 0.3 is 0 Å². The molecule has 0 aromatic heterocycles. The Balaban J connectivity index is 1.59. The average molecular weight is 534 g/mol. The van der Waals surface area contributed by atoms with Gasteiger partial charge in [-0.25, -0.2) is 0 Å². The van der Waals surface area contributed by atoms with Crippen LogP contribution in [0.2, 0.25) is 0 Å². The van der Waals surface area contributed by atoms with Gasteiger partial charge in [-0.05, 0) is 23.1 Å². The Kier molecular flexibility index (Phi) is 11.5. The number of carbonyl (C=O) groups excluding carboxylic acids is 1. The van der Waals surface area contributed by atoms with Crippen molar-refractivity contribution in [2.24, 2.45) is 0 Å². The van der Waals surface area contributed by atoms with Gasteiger partial charge in [0, 0.05) is 13.5 Å². The lowest BCUT2D eigenvalue weighted by Crippen LogP contribution is -2.66. The van der Waals surface area contributed by atoms with Gasteiger partial charge in [0.2, 0.25) is 5.91 Å². The third-order valence-corrected chi connectivity index (χ3v) is 6.47. The van der Waals surface area contributed by atoms with E-state index >= 15 is 0 Å². The second-order valence-corrected chi connectivity index (χ2v) is 9.66. The zero-order valence-electron chi connectivity index (χ0n) is 22.7. The Hall–Kier alpha value is -3.07. The summed E-state index contributed by atoms with van der Waals surface area (Å²) in [5, 5.41) is 3.02. The highest BCUT2D eigenvalue weighted by molar-refractivity contribution is 5.73. The highest BCUT2D eigenvalue weighted by Crippen LogP contribution is 2.29. The standard InChI is InChI=1S/C32H39NO6/c1-3-19-36-32-29(33-24(2)34)31(38-22-27-17-11-6-12-18-27)30(37-21-26-15-9-5-10-16-26)28(39-32)23-35-20-25-13-7-4-8-14-25/h4-18,28-32H,3,19-23H2,1-2H3,(H,33,34)/t28-,29-,30-,31-,32?/m1/s1. The second-order valence-electron chi connectivity index (χ2n) is 9.66. The number of nitrogens with one attached hydrogen (secondary N) is 1. The lowest BCUT2D eigenvalue weighted by molar-refractivity contribution is -0.290. The molecule has 1 N–H and O–H groups in total. The van der Waals surface area contributed by atoms with E-state index < -0.39 is 30.6 Å². The molecule has 1 unspecified atom stereocenters. The third kappa shape index (κ3) is 8.98. The van der Waals surface area contributed by atoms with Crippen LogP contribution in [0.15, 0.2) is 91.0 Å². The maximum absolute atomic E-state index is 12.3. The van der Waals surface area contributed by atoms with E-state index in [1.807, 2.05) is 97.9 Å². The predicted octanol–water partition coefficient (Wildman–Crippen LogP) is 5.03. The maximum atomic E-state index is 12.3. The molecule has 3 aromatic rings. The van der Waals surface area contributed by atoms with Crippen LogP contribution in [-0.4, -0.2) is 49.8 Å². The molecule has 208 valence electrons. The molecule has 7 heteroatoms. The molecule has 0 spiro atoms. The van der Waals surface area contributed by atoms with Crippen LogP contribution >= 0.6 is 0 Å². The number of hydrogen-bond donors (Lipinski definition) is 1. The summed E-state index contributed by atoms with van der Waals surface area (Å²) < 4.78 is 31.7. The molecule has 39 heavy (non-hydrogen) atoms. The van der Waals surface area contributed by atoms with Crippen molar-refractivity contribution in [2.75, 3.05) is 13.2 Å². The van der Waals surface area contributed by atoms with Crippen molar-refractivity contribution in [1.82, 2.24) is 5.32 Å². The number of hydrogen-bond acceptors (Lipinski definition) is 6. The quantitative estimate of drug-likeness (QED) is 0.313. The van der Waals surface area contributed by atoms with Crippen LogP contribution in [0, 0.1) is 0 Å². The van der Waals surface area contributed by atoms with Crippen molar-refractivity contribution < 1.29 is 28.5 Å². The van der Waals surface area contributed by atoms with Gasteiger partial charge in [-0.3, -0.25) is 4.79 Å². The topological polar surface area (TPSA) is 75.2 Å². The lowest BCUT2D eigenvalue weighted by Gasteiger charge is -2.46. The molecule has 1 heterocycles. The van der Waals surface area contributed by atoms with Crippen LogP contribution < -0.4 is 5.32 Å². The van der Waals surface area contributed by atoms with E-state index in [0.29, 0.717) is 26.4 Å². The molecule has 3 aromatic carbocycles. The molecule has 0 radical (unpaired) electrons. The minimum Gasteiger partial charge on any atom is -0.374 e. The smallest absolute Gasteiger partial charge is 0.217 e. The molecule has 4 rings (SSSR count). The Morgan fingerprint density at radius 1 is 0.744 bits per heavy atom. The van der Waals surface area contributed by atoms with E-state index in [0.717, 1.165) is 23.1 Å². The summed E-state index contributed by atoms with van der Waals surface area (Å²) in [5.41, 5.74) is 3.13. The van der Waals surface area contributed by atoms with Crippen molar-refractivity contribution in [3.8, 4) is 0 Å². The van der Waals surface area contributed by atoms with Gasteiger partial charge in [-0.1, -0.05) is 97.9 Å². The van der Waals surface area contributed by atoms with E-state index in [-0.39, 0.29) is 12.5 Å². The minimum absolute atomic E-state index is 0.192. The van der Waals surface area contributed by atoms with Crippen molar-refractivity contribution in [3.63, 3.8) is 0 Å². The van der Waals surface area contributed by atoms with Crippen molar-refractivity contribution >= 4 is 5.91 Å². The summed E-state index contributed by atoms with van der Waals surface area (Å²) in [6.45, 7) is 5.44. The van der Waals surface area contributed by atoms with Crippen LogP contribution in [0.3, 0.4) is 0 Å². The van der Waals surface area contributed by atoms with Gasteiger partial charge in [-0.15, -0.1) is 0 Å². The number of ether oxygens (including phenoxy) is 5. The van der Waals surface area contributed by atoms with E-state index in [2.05, 4.69) is 5.32 Å². The van der Waals surface area contributed by atoms with E-state index in [4.69, 9.17) is 23.7 Å². The van der Waals surface area contributed by atoms with Gasteiger partial charge in [0.05, 0.1) is 26.4 Å². The third-order valence-electron chi connectivity index (χ3n) is 6.47. The van der Waals surface area contributed by atoms with Gasteiger partial charge in [0.15, 0.2) is 6.29 Å². The molecule has 1 aliphatic heterocycles. The second kappa shape index (κ2) is 15.5. The Morgan fingerprint density at radius 2 is 1.26 bits per heavy atom. The lowest BCUT2D eigenvalue weighted by atomic mass is 9.95. The van der Waals surface area contributed by atoms with Crippen molar-refractivity contribution in [2.45, 2.75) is 70.7 Å². The maximum Gasteiger partial charge on any atom is 0.217 e. The van der Waals surface area contributed by atoms with Crippen LogP contribution in [0.4, 0.5) is 0 Å². The average Bonchev–Trinajstić information content (AvgIpc) is 2.96. The molecule has 0 aliphatic carbocycles. The molecule has 0 bridgehead atoms. The number of carbonyl (C=O) groups is 1.